The first kappa shape index (κ1) is 24.8. The highest BCUT2D eigenvalue weighted by molar-refractivity contribution is 8.15. The summed E-state index contributed by atoms with van der Waals surface area (Å²) < 4.78 is 5.82. The molecule has 1 atom stereocenters. The van der Waals surface area contributed by atoms with Crippen molar-refractivity contribution in [3.63, 3.8) is 0 Å². The third-order valence-corrected chi connectivity index (χ3v) is 7.19. The first-order chi connectivity index (χ1) is 16.6. The summed E-state index contributed by atoms with van der Waals surface area (Å²) in [6.45, 7) is 9.97. The third-order valence-electron chi connectivity index (χ3n) is 5.95. The molecule has 9 heteroatoms. The average Bonchev–Trinajstić information content (AvgIpc) is 3.27. The fourth-order valence-corrected chi connectivity index (χ4v) is 5.61. The molecule has 0 radical (unpaired) electrons. The third kappa shape index (κ3) is 4.65. The number of fused-ring (bicyclic) bond motifs is 2. The van der Waals surface area contributed by atoms with E-state index in [2.05, 4.69) is 24.3 Å². The van der Waals surface area contributed by atoms with Crippen LogP contribution in [0.3, 0.4) is 0 Å². The lowest BCUT2D eigenvalue weighted by molar-refractivity contribution is -0.139. The number of para-hydroxylation sites is 1. The lowest BCUT2D eigenvalue weighted by Gasteiger charge is -2.29. The molecule has 1 N–H and O–H groups in total. The van der Waals surface area contributed by atoms with Crippen molar-refractivity contribution >= 4 is 40.3 Å². The van der Waals surface area contributed by atoms with Crippen molar-refractivity contribution in [2.24, 2.45) is 11.0 Å². The maximum atomic E-state index is 14.1. The molecule has 0 aliphatic carbocycles. The number of carbonyl (C=O) groups is 3. The number of rotatable bonds is 6. The molecule has 0 fully saturated rings. The number of amides is 3. The van der Waals surface area contributed by atoms with Gasteiger partial charge in [-0.2, -0.15) is 5.01 Å². The van der Waals surface area contributed by atoms with Crippen LogP contribution in [-0.4, -0.2) is 34.5 Å². The van der Waals surface area contributed by atoms with E-state index in [-0.39, 0.29) is 22.9 Å². The van der Waals surface area contributed by atoms with Gasteiger partial charge in [-0.3, -0.25) is 14.4 Å². The van der Waals surface area contributed by atoms with Crippen molar-refractivity contribution in [1.82, 2.24) is 10.3 Å². The summed E-state index contributed by atoms with van der Waals surface area (Å²) >= 11 is 1.08. The number of carbonyl (C=O) groups excluding carboxylic acids is 3. The van der Waals surface area contributed by atoms with E-state index in [1.807, 2.05) is 49.4 Å². The van der Waals surface area contributed by atoms with Crippen LogP contribution in [0.5, 0.6) is 5.75 Å². The molecule has 184 valence electrons. The summed E-state index contributed by atoms with van der Waals surface area (Å²) in [6.07, 6.45) is 0.981. The topological polar surface area (TPSA) is 91.3 Å². The second kappa shape index (κ2) is 9.73. The summed E-state index contributed by atoms with van der Waals surface area (Å²) in [5.41, 5.74) is 3.29. The highest BCUT2D eigenvalue weighted by atomic mass is 32.2. The van der Waals surface area contributed by atoms with Gasteiger partial charge in [0, 0.05) is 19.4 Å². The zero-order chi connectivity index (χ0) is 25.3. The van der Waals surface area contributed by atoms with E-state index in [1.54, 1.807) is 4.90 Å². The molecule has 2 aromatic rings. The molecule has 2 aromatic carbocycles. The number of nitrogens with one attached hydrogen (secondary N) is 1. The van der Waals surface area contributed by atoms with Crippen molar-refractivity contribution in [3.8, 4) is 5.75 Å². The molecule has 1 unspecified atom stereocenters. The van der Waals surface area contributed by atoms with Crippen LogP contribution in [-0.2, 0) is 25.8 Å². The zero-order valence-electron chi connectivity index (χ0n) is 20.6. The van der Waals surface area contributed by atoms with Gasteiger partial charge in [0.25, 0.3) is 5.91 Å². The summed E-state index contributed by atoms with van der Waals surface area (Å²) in [7, 11) is 0. The maximum Gasteiger partial charge on any atom is 0.271 e. The zero-order valence-corrected chi connectivity index (χ0v) is 21.4. The second-order valence-electron chi connectivity index (χ2n) is 9.20. The molecule has 2 aliphatic heterocycles. The van der Waals surface area contributed by atoms with Crippen molar-refractivity contribution in [1.29, 1.82) is 0 Å². The minimum Gasteiger partial charge on any atom is -0.494 e. The molecule has 4 rings (SSSR count). The SMILES string of the molecule is CC(=O)NC1=NN(C(C)=O)C2(S1)C(=O)N(Cc1ccc(OCCC(C)C)cc1)c1c(C)cccc12. The van der Waals surface area contributed by atoms with Crippen molar-refractivity contribution in [2.75, 3.05) is 11.5 Å². The van der Waals surface area contributed by atoms with Gasteiger partial charge in [-0.15, -0.1) is 5.10 Å². The van der Waals surface area contributed by atoms with Gasteiger partial charge >= 0.3 is 0 Å². The number of amidine groups is 1. The van der Waals surface area contributed by atoms with Crippen LogP contribution < -0.4 is 15.0 Å². The van der Waals surface area contributed by atoms with E-state index in [0.29, 0.717) is 24.6 Å². The monoisotopic (exact) mass is 494 g/mol. The number of hydrogen-bond donors (Lipinski definition) is 1. The molecule has 35 heavy (non-hydrogen) atoms. The quantitative estimate of drug-likeness (QED) is 0.652. The average molecular weight is 495 g/mol. The summed E-state index contributed by atoms with van der Waals surface area (Å²) in [5.74, 6) is 0.382. The molecule has 8 nitrogen and oxygen atoms in total. The molecule has 0 saturated heterocycles. The van der Waals surface area contributed by atoms with Crippen LogP contribution in [0, 0.1) is 12.8 Å². The number of benzene rings is 2. The van der Waals surface area contributed by atoms with Crippen LogP contribution >= 0.6 is 11.8 Å². The predicted octanol–water partition coefficient (Wildman–Crippen LogP) is 4.12. The molecular weight excluding hydrogens is 464 g/mol. The lowest BCUT2D eigenvalue weighted by atomic mass is 10.0. The Hall–Kier alpha value is -3.33. The Labute approximate surface area is 209 Å². The van der Waals surface area contributed by atoms with Gasteiger partial charge in [-0.05, 0) is 54.3 Å². The fourth-order valence-electron chi connectivity index (χ4n) is 4.29. The molecule has 3 amide bonds. The normalized spacial score (nSPS) is 18.8. The predicted molar refractivity (Wildman–Crippen MR) is 137 cm³/mol. The number of hydrogen-bond acceptors (Lipinski definition) is 6. The Morgan fingerprint density at radius 1 is 1.14 bits per heavy atom. The minimum absolute atomic E-state index is 0.221. The van der Waals surface area contributed by atoms with Gasteiger partial charge in [0.1, 0.15) is 5.75 Å². The molecule has 1 spiro atoms. The number of anilines is 1. The van der Waals surface area contributed by atoms with Crippen molar-refractivity contribution < 1.29 is 19.1 Å². The van der Waals surface area contributed by atoms with Crippen LogP contribution in [0.2, 0.25) is 0 Å². The maximum absolute atomic E-state index is 14.1. The molecule has 2 aliphatic rings. The summed E-state index contributed by atoms with van der Waals surface area (Å²) in [6, 6.07) is 13.4. The van der Waals surface area contributed by atoms with Gasteiger partial charge < -0.3 is 15.0 Å². The van der Waals surface area contributed by atoms with Crippen LogP contribution in [0.4, 0.5) is 5.69 Å². The van der Waals surface area contributed by atoms with Crippen molar-refractivity contribution in [3.05, 3.63) is 59.2 Å². The Morgan fingerprint density at radius 2 is 1.86 bits per heavy atom. The van der Waals surface area contributed by atoms with E-state index in [4.69, 9.17) is 4.74 Å². The van der Waals surface area contributed by atoms with Crippen LogP contribution in [0.1, 0.15) is 50.8 Å². The highest BCUT2D eigenvalue weighted by Gasteiger charge is 2.61. The Bertz CT molecular complexity index is 1190. The summed E-state index contributed by atoms with van der Waals surface area (Å²) in [5, 5.41) is 8.35. The number of hydrazone groups is 1. The van der Waals surface area contributed by atoms with E-state index in [9.17, 15) is 14.4 Å². The number of thioether (sulfide) groups is 1. The van der Waals surface area contributed by atoms with Crippen LogP contribution in [0.15, 0.2) is 47.6 Å². The number of nitrogens with zero attached hydrogens (tertiary/aromatic N) is 3. The smallest absolute Gasteiger partial charge is 0.271 e. The first-order valence-corrected chi connectivity index (χ1v) is 12.4. The molecule has 0 saturated carbocycles. The lowest BCUT2D eigenvalue weighted by Crippen LogP contribution is -2.48. The minimum atomic E-state index is -1.40. The number of ether oxygens (including phenoxy) is 1. The van der Waals surface area contributed by atoms with Crippen LogP contribution in [0.25, 0.3) is 0 Å². The first-order valence-electron chi connectivity index (χ1n) is 11.6. The second-order valence-corrected chi connectivity index (χ2v) is 10.4. The van der Waals surface area contributed by atoms with E-state index in [1.165, 1.54) is 18.9 Å². The van der Waals surface area contributed by atoms with E-state index < -0.39 is 4.87 Å². The van der Waals surface area contributed by atoms with Gasteiger partial charge in [0.05, 0.1) is 18.8 Å². The highest BCUT2D eigenvalue weighted by Crippen LogP contribution is 2.55. The van der Waals surface area contributed by atoms with E-state index >= 15 is 0 Å². The van der Waals surface area contributed by atoms with Crippen molar-refractivity contribution in [2.45, 2.75) is 52.5 Å². The molecule has 0 aromatic heterocycles. The van der Waals surface area contributed by atoms with Gasteiger partial charge in [-0.1, -0.05) is 44.2 Å². The Kier molecular flexibility index (Phi) is 6.89. The Balaban J connectivity index is 1.65. The molecule has 2 heterocycles. The number of aryl methyl sites for hydroxylation is 1. The van der Waals surface area contributed by atoms with Gasteiger partial charge in [0.15, 0.2) is 5.17 Å². The molecule has 0 bridgehead atoms. The fraction of sp³-hybridized carbons (Fsp3) is 0.385. The van der Waals surface area contributed by atoms with Gasteiger partial charge in [0.2, 0.25) is 16.7 Å². The van der Waals surface area contributed by atoms with Gasteiger partial charge in [-0.25, -0.2) is 0 Å². The molecular formula is C26H30N4O4S. The Morgan fingerprint density at radius 3 is 2.49 bits per heavy atom. The largest absolute Gasteiger partial charge is 0.494 e. The standard InChI is InChI=1S/C26H30N4O4S/c1-16(2)13-14-34-21-11-9-20(10-12-21)15-29-23-17(3)7-6-8-22(23)26(24(29)33)30(19(5)32)28-25(35-26)27-18(4)31/h6-12,16H,13-15H2,1-5H3,(H,27,28,31). The van der Waals surface area contributed by atoms with E-state index in [0.717, 1.165) is 40.7 Å². The summed E-state index contributed by atoms with van der Waals surface area (Å²) in [4.78, 5) is 38.7.